The van der Waals surface area contributed by atoms with E-state index in [4.69, 9.17) is 0 Å². The zero-order valence-electron chi connectivity index (χ0n) is 10.1. The molecule has 0 aliphatic rings. The molecule has 0 aliphatic carbocycles. The van der Waals surface area contributed by atoms with E-state index in [-0.39, 0.29) is 12.3 Å². The fraction of sp³-hybridized carbons (Fsp3) is 1.00. The summed E-state index contributed by atoms with van der Waals surface area (Å²) in [6.07, 6.45) is 1.09. The van der Waals surface area contributed by atoms with Crippen molar-refractivity contribution < 1.29 is 16.8 Å². The zero-order valence-corrected chi connectivity index (χ0v) is 11.7. The summed E-state index contributed by atoms with van der Waals surface area (Å²) in [5.41, 5.74) is 0. The van der Waals surface area contributed by atoms with E-state index < -0.39 is 24.6 Å². The molecule has 0 aliphatic heterocycles. The first-order chi connectivity index (χ1) is 7.02. The lowest BCUT2D eigenvalue weighted by Crippen LogP contribution is -2.45. The number of nitrogens with one attached hydrogen (secondary N) is 2. The van der Waals surface area contributed by atoms with Crippen molar-refractivity contribution in [3.8, 4) is 0 Å². The van der Waals surface area contributed by atoms with Crippen LogP contribution in [0.25, 0.3) is 0 Å². The first-order valence-corrected chi connectivity index (χ1v) is 8.38. The SMILES string of the molecule is CNCCS(=O)(=O)NCC(C)(C)S(C)(=O)=O. The molecule has 0 amide bonds. The Morgan fingerprint density at radius 2 is 1.62 bits per heavy atom. The topological polar surface area (TPSA) is 92.3 Å². The summed E-state index contributed by atoms with van der Waals surface area (Å²) in [6, 6.07) is 0. The van der Waals surface area contributed by atoms with Gasteiger partial charge in [0.1, 0.15) is 0 Å². The molecule has 8 heteroatoms. The molecule has 16 heavy (non-hydrogen) atoms. The van der Waals surface area contributed by atoms with Gasteiger partial charge in [0.05, 0.1) is 10.5 Å². The number of hydrogen-bond acceptors (Lipinski definition) is 5. The molecule has 0 saturated carbocycles. The molecule has 0 aromatic heterocycles. The number of hydrogen-bond donors (Lipinski definition) is 2. The molecule has 0 saturated heterocycles. The Labute approximate surface area is 97.8 Å². The molecule has 0 atom stereocenters. The van der Waals surface area contributed by atoms with Crippen LogP contribution in [-0.2, 0) is 19.9 Å². The first kappa shape index (κ1) is 15.8. The van der Waals surface area contributed by atoms with E-state index in [1.165, 1.54) is 13.8 Å². The largest absolute Gasteiger partial charge is 0.319 e. The van der Waals surface area contributed by atoms with E-state index in [9.17, 15) is 16.8 Å². The summed E-state index contributed by atoms with van der Waals surface area (Å²) in [5.74, 6) is -0.0661. The Morgan fingerprint density at radius 1 is 1.12 bits per heavy atom. The molecule has 0 radical (unpaired) electrons. The second-order valence-electron chi connectivity index (χ2n) is 4.28. The molecular weight excluding hydrogens is 252 g/mol. The first-order valence-electron chi connectivity index (χ1n) is 4.83. The van der Waals surface area contributed by atoms with Gasteiger partial charge in [-0.05, 0) is 20.9 Å². The number of rotatable bonds is 7. The summed E-state index contributed by atoms with van der Waals surface area (Å²) < 4.78 is 46.7. The van der Waals surface area contributed by atoms with Crippen LogP contribution in [0.15, 0.2) is 0 Å². The molecule has 2 N–H and O–H groups in total. The predicted molar refractivity (Wildman–Crippen MR) is 64.6 cm³/mol. The van der Waals surface area contributed by atoms with Gasteiger partial charge in [0.25, 0.3) is 0 Å². The third-order valence-electron chi connectivity index (χ3n) is 2.34. The van der Waals surface area contributed by atoms with Crippen LogP contribution in [0, 0.1) is 0 Å². The van der Waals surface area contributed by atoms with Gasteiger partial charge in [-0.2, -0.15) is 0 Å². The van der Waals surface area contributed by atoms with Crippen LogP contribution >= 0.6 is 0 Å². The Kier molecular flexibility index (Phi) is 5.37. The maximum Gasteiger partial charge on any atom is 0.212 e. The molecule has 0 fully saturated rings. The summed E-state index contributed by atoms with van der Waals surface area (Å²) >= 11 is 0. The minimum Gasteiger partial charge on any atom is -0.319 e. The summed E-state index contributed by atoms with van der Waals surface area (Å²) in [6.45, 7) is 3.19. The second kappa shape index (κ2) is 5.44. The molecule has 0 aromatic carbocycles. The standard InChI is InChI=1S/C8H20N2O4S2/c1-8(2,15(4,11)12)7-10-16(13,14)6-5-9-3/h9-10H,5-7H2,1-4H3. The average molecular weight is 272 g/mol. The number of sulfonamides is 1. The van der Waals surface area contributed by atoms with Crippen molar-refractivity contribution in [3.05, 3.63) is 0 Å². The Hall–Kier alpha value is -0.180. The van der Waals surface area contributed by atoms with E-state index >= 15 is 0 Å². The molecule has 6 nitrogen and oxygen atoms in total. The molecule has 0 heterocycles. The minimum atomic E-state index is -3.41. The molecule has 0 unspecified atom stereocenters. The lowest BCUT2D eigenvalue weighted by Gasteiger charge is -2.22. The van der Waals surface area contributed by atoms with Crippen LogP contribution in [0.2, 0.25) is 0 Å². The van der Waals surface area contributed by atoms with E-state index in [0.29, 0.717) is 6.54 Å². The minimum absolute atomic E-state index is 0.0661. The third-order valence-corrected chi connectivity index (χ3v) is 5.82. The normalized spacial score (nSPS) is 14.0. The highest BCUT2D eigenvalue weighted by molar-refractivity contribution is 7.92. The summed E-state index contributed by atoms with van der Waals surface area (Å²) in [7, 11) is -5.05. The average Bonchev–Trinajstić information content (AvgIpc) is 2.10. The van der Waals surface area contributed by atoms with Crippen molar-refractivity contribution in [2.24, 2.45) is 0 Å². The lowest BCUT2D eigenvalue weighted by molar-refractivity contribution is 0.536. The summed E-state index contributed by atoms with van der Waals surface area (Å²) in [4.78, 5) is 0. The van der Waals surface area contributed by atoms with Gasteiger partial charge >= 0.3 is 0 Å². The van der Waals surface area contributed by atoms with Gasteiger partial charge < -0.3 is 5.32 Å². The molecular formula is C8H20N2O4S2. The van der Waals surface area contributed by atoms with Gasteiger partial charge in [0.2, 0.25) is 10.0 Å². The molecule has 0 spiro atoms. The van der Waals surface area contributed by atoms with Gasteiger partial charge in [-0.3, -0.25) is 0 Å². The van der Waals surface area contributed by atoms with Gasteiger partial charge in [-0.1, -0.05) is 0 Å². The third kappa shape index (κ3) is 5.24. The Balaban J connectivity index is 4.47. The Bertz CT molecular complexity index is 411. The molecule has 0 aromatic rings. The van der Waals surface area contributed by atoms with Crippen LogP contribution < -0.4 is 10.0 Å². The van der Waals surface area contributed by atoms with Crippen molar-refractivity contribution in [1.82, 2.24) is 10.0 Å². The van der Waals surface area contributed by atoms with E-state index in [0.717, 1.165) is 6.26 Å². The van der Waals surface area contributed by atoms with Gasteiger partial charge in [-0.15, -0.1) is 0 Å². The lowest BCUT2D eigenvalue weighted by atomic mass is 10.2. The maximum absolute atomic E-state index is 11.4. The van der Waals surface area contributed by atoms with Crippen molar-refractivity contribution in [2.45, 2.75) is 18.6 Å². The van der Waals surface area contributed by atoms with E-state index in [1.807, 2.05) is 0 Å². The zero-order chi connectivity index (χ0) is 13.0. The number of sulfone groups is 1. The van der Waals surface area contributed by atoms with Crippen LogP contribution in [0.5, 0.6) is 0 Å². The van der Waals surface area contributed by atoms with E-state index in [2.05, 4.69) is 10.0 Å². The van der Waals surface area contributed by atoms with Crippen LogP contribution in [-0.4, -0.2) is 53.7 Å². The highest BCUT2D eigenvalue weighted by Gasteiger charge is 2.31. The fourth-order valence-corrected chi connectivity index (χ4v) is 2.35. The van der Waals surface area contributed by atoms with Crippen LogP contribution in [0.1, 0.15) is 13.8 Å². The van der Waals surface area contributed by atoms with Crippen LogP contribution in [0.4, 0.5) is 0 Å². The van der Waals surface area contributed by atoms with Gasteiger partial charge in [0, 0.05) is 19.3 Å². The summed E-state index contributed by atoms with van der Waals surface area (Å²) in [5, 5.41) is 2.71. The van der Waals surface area contributed by atoms with Crippen molar-refractivity contribution in [1.29, 1.82) is 0 Å². The van der Waals surface area contributed by atoms with E-state index in [1.54, 1.807) is 7.05 Å². The van der Waals surface area contributed by atoms with Crippen molar-refractivity contribution >= 4 is 19.9 Å². The highest BCUT2D eigenvalue weighted by atomic mass is 32.2. The second-order valence-corrected chi connectivity index (χ2v) is 8.85. The maximum atomic E-state index is 11.4. The quantitative estimate of drug-likeness (QED) is 0.617. The molecule has 98 valence electrons. The van der Waals surface area contributed by atoms with Gasteiger partial charge in [-0.25, -0.2) is 21.6 Å². The monoisotopic (exact) mass is 272 g/mol. The van der Waals surface area contributed by atoms with Crippen molar-refractivity contribution in [2.75, 3.05) is 32.1 Å². The van der Waals surface area contributed by atoms with Crippen molar-refractivity contribution in [3.63, 3.8) is 0 Å². The highest BCUT2D eigenvalue weighted by Crippen LogP contribution is 2.13. The van der Waals surface area contributed by atoms with Crippen LogP contribution in [0.3, 0.4) is 0 Å². The van der Waals surface area contributed by atoms with Gasteiger partial charge in [0.15, 0.2) is 9.84 Å². The smallest absolute Gasteiger partial charge is 0.212 e. The molecule has 0 rings (SSSR count). The Morgan fingerprint density at radius 3 is 2.00 bits per heavy atom. The predicted octanol–water partition coefficient (Wildman–Crippen LogP) is -1.05. The fourth-order valence-electron chi connectivity index (χ4n) is 0.723. The molecule has 0 bridgehead atoms.